The molecule has 0 saturated carbocycles. The highest BCUT2D eigenvalue weighted by atomic mass is 19.1. The average molecular weight is 259 g/mol. The second-order valence-corrected chi connectivity index (χ2v) is 4.05. The van der Waals surface area contributed by atoms with Crippen LogP contribution in [0, 0.1) is 18.6 Å². The number of carbonyl (C=O) groups excluding carboxylic acids is 1. The van der Waals surface area contributed by atoms with Gasteiger partial charge in [-0.1, -0.05) is 0 Å². The summed E-state index contributed by atoms with van der Waals surface area (Å²) in [5.41, 5.74) is 1.37. The molecule has 0 saturated heterocycles. The third-order valence-electron chi connectivity index (χ3n) is 2.56. The van der Waals surface area contributed by atoms with Crippen molar-refractivity contribution in [3.8, 4) is 0 Å². The van der Waals surface area contributed by atoms with Crippen LogP contribution in [-0.4, -0.2) is 10.8 Å². The fourth-order valence-corrected chi connectivity index (χ4v) is 1.60. The molecule has 0 bridgehead atoms. The second-order valence-electron chi connectivity index (χ2n) is 4.05. The van der Waals surface area contributed by atoms with Gasteiger partial charge in [0.1, 0.15) is 11.6 Å². The second kappa shape index (κ2) is 5.52. The number of rotatable bonds is 3. The van der Waals surface area contributed by atoms with E-state index in [0.29, 0.717) is 5.56 Å². The van der Waals surface area contributed by atoms with E-state index in [1.54, 1.807) is 19.1 Å². The van der Waals surface area contributed by atoms with E-state index in [0.717, 1.165) is 17.8 Å². The van der Waals surface area contributed by atoms with Gasteiger partial charge in [-0.25, -0.2) is 8.78 Å². The average Bonchev–Trinajstić information content (AvgIpc) is 2.37. The van der Waals surface area contributed by atoms with Gasteiger partial charge in [-0.2, -0.15) is 0 Å². The van der Waals surface area contributed by atoms with Gasteiger partial charge in [-0.05, 0) is 43.3 Å². The zero-order valence-corrected chi connectivity index (χ0v) is 10.2. The first-order chi connectivity index (χ1) is 9.06. The summed E-state index contributed by atoms with van der Waals surface area (Å²) in [5, 5.41) is 0. The Hall–Kier alpha value is -2.36. The summed E-state index contributed by atoms with van der Waals surface area (Å²) in [6, 6.07) is 6.44. The van der Waals surface area contributed by atoms with Crippen molar-refractivity contribution in [2.75, 3.05) is 0 Å². The minimum atomic E-state index is -0.699. The lowest BCUT2D eigenvalue weighted by Gasteiger charge is -1.98. The molecule has 2 nitrogen and oxygen atoms in total. The van der Waals surface area contributed by atoms with Gasteiger partial charge in [0.15, 0.2) is 5.78 Å². The molecule has 1 heterocycles. The molecule has 0 aliphatic rings. The predicted molar refractivity (Wildman–Crippen MR) is 68.7 cm³/mol. The van der Waals surface area contributed by atoms with Crippen LogP contribution in [-0.2, 0) is 0 Å². The van der Waals surface area contributed by atoms with Gasteiger partial charge in [0, 0.05) is 29.1 Å². The molecule has 0 N–H and O–H groups in total. The molecule has 0 atom stereocenters. The molecule has 2 rings (SSSR count). The van der Waals surface area contributed by atoms with Gasteiger partial charge in [-0.3, -0.25) is 9.78 Å². The monoisotopic (exact) mass is 259 g/mol. The molecule has 96 valence electrons. The Kier molecular flexibility index (Phi) is 3.80. The summed E-state index contributed by atoms with van der Waals surface area (Å²) >= 11 is 0. The number of carbonyl (C=O) groups is 1. The van der Waals surface area contributed by atoms with E-state index in [2.05, 4.69) is 4.98 Å². The smallest absolute Gasteiger partial charge is 0.185 e. The van der Waals surface area contributed by atoms with Crippen molar-refractivity contribution in [2.45, 2.75) is 6.92 Å². The number of allylic oxidation sites excluding steroid dienone is 1. The molecule has 0 aliphatic carbocycles. The first kappa shape index (κ1) is 13.1. The molecule has 0 aliphatic heterocycles. The Bertz CT molecular complexity index is 650. The van der Waals surface area contributed by atoms with E-state index in [1.165, 1.54) is 24.4 Å². The van der Waals surface area contributed by atoms with Crippen LogP contribution in [0.1, 0.15) is 21.6 Å². The largest absolute Gasteiger partial charge is 0.289 e. The maximum atomic E-state index is 13.4. The van der Waals surface area contributed by atoms with Crippen molar-refractivity contribution < 1.29 is 13.6 Å². The Morgan fingerprint density at radius 3 is 2.68 bits per heavy atom. The lowest BCUT2D eigenvalue weighted by Crippen LogP contribution is -1.96. The molecule has 0 amide bonds. The fraction of sp³-hybridized carbons (Fsp3) is 0.0667. The van der Waals surface area contributed by atoms with Crippen LogP contribution in [0.15, 0.2) is 42.6 Å². The van der Waals surface area contributed by atoms with Crippen LogP contribution in [0.3, 0.4) is 0 Å². The van der Waals surface area contributed by atoms with Gasteiger partial charge in [-0.15, -0.1) is 0 Å². The SMILES string of the molecule is Cc1cc(C(=O)C=Cc2ccc(F)cc2F)ccn1. The molecular weight excluding hydrogens is 248 g/mol. The maximum Gasteiger partial charge on any atom is 0.185 e. The maximum absolute atomic E-state index is 13.4. The number of hydrogen-bond acceptors (Lipinski definition) is 2. The Morgan fingerprint density at radius 2 is 2.00 bits per heavy atom. The zero-order valence-electron chi connectivity index (χ0n) is 10.2. The van der Waals surface area contributed by atoms with E-state index < -0.39 is 11.6 Å². The van der Waals surface area contributed by atoms with E-state index in [-0.39, 0.29) is 11.3 Å². The summed E-state index contributed by atoms with van der Waals surface area (Å²) < 4.78 is 26.1. The Morgan fingerprint density at radius 1 is 1.21 bits per heavy atom. The number of halogens is 2. The minimum absolute atomic E-state index is 0.167. The number of aromatic nitrogens is 1. The molecule has 4 heteroatoms. The highest BCUT2D eigenvalue weighted by Crippen LogP contribution is 2.12. The molecule has 0 unspecified atom stereocenters. The first-order valence-corrected chi connectivity index (χ1v) is 5.66. The number of aryl methyl sites for hydroxylation is 1. The van der Waals surface area contributed by atoms with Gasteiger partial charge < -0.3 is 0 Å². The quantitative estimate of drug-likeness (QED) is 0.623. The standard InChI is InChI=1S/C15H11F2NO/c1-10-8-12(6-7-18-10)15(19)5-3-11-2-4-13(16)9-14(11)17/h2-9H,1H3. The van der Waals surface area contributed by atoms with E-state index in [9.17, 15) is 13.6 Å². The highest BCUT2D eigenvalue weighted by molar-refractivity contribution is 6.06. The lowest BCUT2D eigenvalue weighted by atomic mass is 10.1. The number of benzene rings is 1. The van der Waals surface area contributed by atoms with Gasteiger partial charge in [0.2, 0.25) is 0 Å². The van der Waals surface area contributed by atoms with Crippen molar-refractivity contribution in [1.29, 1.82) is 0 Å². The third kappa shape index (κ3) is 3.31. The number of hydrogen-bond donors (Lipinski definition) is 0. The van der Waals surface area contributed by atoms with Crippen molar-refractivity contribution in [1.82, 2.24) is 4.98 Å². The molecule has 0 radical (unpaired) electrons. The van der Waals surface area contributed by atoms with Crippen LogP contribution in [0.4, 0.5) is 8.78 Å². The summed E-state index contributed by atoms with van der Waals surface area (Å²) in [7, 11) is 0. The van der Waals surface area contributed by atoms with E-state index >= 15 is 0 Å². The summed E-state index contributed by atoms with van der Waals surface area (Å²) in [5.74, 6) is -1.60. The van der Waals surface area contributed by atoms with E-state index in [4.69, 9.17) is 0 Å². The van der Waals surface area contributed by atoms with Crippen molar-refractivity contribution in [2.24, 2.45) is 0 Å². The highest BCUT2D eigenvalue weighted by Gasteiger charge is 2.04. The molecular formula is C15H11F2NO. The van der Waals surface area contributed by atoms with E-state index in [1.807, 2.05) is 0 Å². The third-order valence-corrected chi connectivity index (χ3v) is 2.56. The molecule has 0 spiro atoms. The van der Waals surface area contributed by atoms with Gasteiger partial charge in [0.05, 0.1) is 0 Å². The lowest BCUT2D eigenvalue weighted by molar-refractivity contribution is 0.104. The zero-order chi connectivity index (χ0) is 13.8. The minimum Gasteiger partial charge on any atom is -0.289 e. The molecule has 0 fully saturated rings. The molecule has 1 aromatic heterocycles. The molecule has 2 aromatic rings. The van der Waals surface area contributed by atoms with Gasteiger partial charge >= 0.3 is 0 Å². The van der Waals surface area contributed by atoms with Crippen LogP contribution < -0.4 is 0 Å². The summed E-state index contributed by atoms with van der Waals surface area (Å²) in [6.07, 6.45) is 4.12. The topological polar surface area (TPSA) is 30.0 Å². The van der Waals surface area contributed by atoms with Gasteiger partial charge in [0.25, 0.3) is 0 Å². The van der Waals surface area contributed by atoms with Crippen molar-refractivity contribution in [3.63, 3.8) is 0 Å². The first-order valence-electron chi connectivity index (χ1n) is 5.66. The summed E-state index contributed by atoms with van der Waals surface area (Å²) in [4.78, 5) is 15.8. The summed E-state index contributed by atoms with van der Waals surface area (Å²) in [6.45, 7) is 1.78. The fourth-order valence-electron chi connectivity index (χ4n) is 1.60. The van der Waals surface area contributed by atoms with Crippen molar-refractivity contribution >= 4 is 11.9 Å². The molecule has 1 aromatic carbocycles. The van der Waals surface area contributed by atoms with Crippen molar-refractivity contribution in [3.05, 3.63) is 71.1 Å². The normalized spacial score (nSPS) is 10.9. The predicted octanol–water partition coefficient (Wildman–Crippen LogP) is 3.56. The molecule has 19 heavy (non-hydrogen) atoms. The number of nitrogens with zero attached hydrogens (tertiary/aromatic N) is 1. The van der Waals surface area contributed by atoms with Crippen LogP contribution in [0.5, 0.6) is 0 Å². The number of pyridine rings is 1. The van der Waals surface area contributed by atoms with Crippen LogP contribution >= 0.6 is 0 Å². The van der Waals surface area contributed by atoms with Crippen LogP contribution in [0.25, 0.3) is 6.08 Å². The Labute approximate surface area is 109 Å². The Balaban J connectivity index is 2.21. The van der Waals surface area contributed by atoms with Crippen LogP contribution in [0.2, 0.25) is 0 Å². The number of ketones is 1.